The lowest BCUT2D eigenvalue weighted by Gasteiger charge is -2.11. The third-order valence-electron chi connectivity index (χ3n) is 3.08. The second-order valence-corrected chi connectivity index (χ2v) is 7.33. The van der Waals surface area contributed by atoms with Gasteiger partial charge in [0.05, 0.1) is 23.0 Å². The van der Waals surface area contributed by atoms with Gasteiger partial charge in [-0.1, -0.05) is 11.6 Å². The highest BCUT2D eigenvalue weighted by atomic mass is 35.5. The molecule has 1 atom stereocenters. The smallest absolute Gasteiger partial charge is 0.272 e. The van der Waals surface area contributed by atoms with Crippen LogP contribution >= 0.6 is 11.6 Å². The standard InChI is InChI=1S/C12H12ClFN2O4S/c13-8-1-2-10(14)9(5-8)12(18)16-15-11(17)7-3-4-21(19,20)6-7/h1-2,5,7H,3-4,6H2,(H,15,17)(H,16,18)/t7-/m1/s1. The molecule has 0 saturated carbocycles. The molecule has 1 aromatic rings. The molecule has 21 heavy (non-hydrogen) atoms. The van der Waals surface area contributed by atoms with E-state index in [0.29, 0.717) is 0 Å². The summed E-state index contributed by atoms with van der Waals surface area (Å²) in [5.41, 5.74) is 3.82. The first-order chi connectivity index (χ1) is 9.78. The number of benzene rings is 1. The second kappa shape index (κ2) is 5.98. The van der Waals surface area contributed by atoms with E-state index >= 15 is 0 Å². The van der Waals surface area contributed by atoms with Gasteiger partial charge in [-0.2, -0.15) is 0 Å². The SMILES string of the molecule is O=C(NNC(=O)[C@@H]1CCS(=O)(=O)C1)c1cc(Cl)ccc1F. The topological polar surface area (TPSA) is 92.3 Å². The first-order valence-corrected chi connectivity index (χ1v) is 8.24. The van der Waals surface area contributed by atoms with Crippen LogP contribution in [0, 0.1) is 11.7 Å². The summed E-state index contributed by atoms with van der Waals surface area (Å²) in [5.74, 6) is -3.28. The number of hydrogen-bond donors (Lipinski definition) is 2. The Morgan fingerprint density at radius 3 is 2.62 bits per heavy atom. The maximum absolute atomic E-state index is 13.4. The third kappa shape index (κ3) is 3.92. The summed E-state index contributed by atoms with van der Waals surface area (Å²) in [4.78, 5) is 23.4. The Balaban J connectivity index is 1.95. The molecule has 1 aromatic carbocycles. The molecule has 2 amide bonds. The minimum atomic E-state index is -3.19. The van der Waals surface area contributed by atoms with Crippen molar-refractivity contribution in [3.63, 3.8) is 0 Å². The van der Waals surface area contributed by atoms with E-state index in [-0.39, 0.29) is 28.5 Å². The van der Waals surface area contributed by atoms with Crippen LogP contribution in [0.15, 0.2) is 18.2 Å². The van der Waals surface area contributed by atoms with Gasteiger partial charge >= 0.3 is 0 Å². The summed E-state index contributed by atoms with van der Waals surface area (Å²) in [7, 11) is -3.19. The summed E-state index contributed by atoms with van der Waals surface area (Å²) >= 11 is 5.66. The van der Waals surface area contributed by atoms with Crippen molar-refractivity contribution in [3.8, 4) is 0 Å². The van der Waals surface area contributed by atoms with Crippen molar-refractivity contribution in [2.75, 3.05) is 11.5 Å². The number of hydrogen-bond acceptors (Lipinski definition) is 4. The van der Waals surface area contributed by atoms with Gasteiger partial charge in [0, 0.05) is 5.02 Å². The summed E-state index contributed by atoms with van der Waals surface area (Å²) in [5, 5.41) is 0.176. The van der Waals surface area contributed by atoms with Gasteiger partial charge in [-0.05, 0) is 24.6 Å². The molecule has 2 rings (SSSR count). The van der Waals surface area contributed by atoms with E-state index in [0.717, 1.165) is 12.1 Å². The molecular weight excluding hydrogens is 323 g/mol. The normalized spacial score (nSPS) is 20.0. The van der Waals surface area contributed by atoms with E-state index in [4.69, 9.17) is 11.6 Å². The summed E-state index contributed by atoms with van der Waals surface area (Å²) in [6.45, 7) is 0. The van der Waals surface area contributed by atoms with Gasteiger partial charge in [-0.15, -0.1) is 0 Å². The van der Waals surface area contributed by atoms with Crippen LogP contribution < -0.4 is 10.9 Å². The fourth-order valence-corrected chi connectivity index (χ4v) is 3.87. The zero-order chi connectivity index (χ0) is 15.6. The minimum absolute atomic E-state index is 0.0536. The zero-order valence-electron chi connectivity index (χ0n) is 10.7. The number of amides is 2. The number of hydrazine groups is 1. The predicted molar refractivity (Wildman–Crippen MR) is 73.8 cm³/mol. The minimum Gasteiger partial charge on any atom is -0.273 e. The van der Waals surface area contributed by atoms with Crippen molar-refractivity contribution in [2.45, 2.75) is 6.42 Å². The Kier molecular flexibility index (Phi) is 4.48. The molecule has 114 valence electrons. The van der Waals surface area contributed by atoms with Gasteiger partial charge < -0.3 is 0 Å². The molecule has 1 saturated heterocycles. The Hall–Kier alpha value is -1.67. The average Bonchev–Trinajstić information content (AvgIpc) is 2.79. The fourth-order valence-electron chi connectivity index (χ4n) is 1.96. The Labute approximate surface area is 125 Å². The highest BCUT2D eigenvalue weighted by molar-refractivity contribution is 7.91. The van der Waals surface area contributed by atoms with Crippen LogP contribution in [0.25, 0.3) is 0 Å². The van der Waals surface area contributed by atoms with Gasteiger partial charge in [0.25, 0.3) is 5.91 Å². The number of rotatable bonds is 2. The first-order valence-electron chi connectivity index (χ1n) is 6.04. The zero-order valence-corrected chi connectivity index (χ0v) is 12.3. The first kappa shape index (κ1) is 15.7. The molecule has 0 spiro atoms. The van der Waals surface area contributed by atoms with Crippen molar-refractivity contribution < 1.29 is 22.4 Å². The van der Waals surface area contributed by atoms with Gasteiger partial charge in [-0.25, -0.2) is 12.8 Å². The maximum Gasteiger partial charge on any atom is 0.272 e. The highest BCUT2D eigenvalue weighted by Crippen LogP contribution is 2.18. The van der Waals surface area contributed by atoms with Crippen LogP contribution in [0.2, 0.25) is 5.02 Å². The predicted octanol–water partition coefficient (Wildman–Crippen LogP) is 0.675. The van der Waals surface area contributed by atoms with Gasteiger partial charge in [-0.3, -0.25) is 20.4 Å². The van der Waals surface area contributed by atoms with Crippen LogP contribution in [0.3, 0.4) is 0 Å². The molecule has 0 aliphatic carbocycles. The number of carbonyl (C=O) groups excluding carboxylic acids is 2. The molecule has 1 fully saturated rings. The number of carbonyl (C=O) groups is 2. The number of nitrogens with one attached hydrogen (secondary N) is 2. The van der Waals surface area contributed by atoms with Crippen LogP contribution in [0.1, 0.15) is 16.8 Å². The van der Waals surface area contributed by atoms with E-state index in [1.807, 2.05) is 5.43 Å². The lowest BCUT2D eigenvalue weighted by molar-refractivity contribution is -0.125. The molecule has 1 heterocycles. The number of sulfone groups is 1. The maximum atomic E-state index is 13.4. The van der Waals surface area contributed by atoms with Crippen molar-refractivity contribution in [2.24, 2.45) is 5.92 Å². The third-order valence-corrected chi connectivity index (χ3v) is 5.08. The Morgan fingerprint density at radius 1 is 1.29 bits per heavy atom. The molecule has 2 N–H and O–H groups in total. The van der Waals surface area contributed by atoms with Crippen LogP contribution in [0.4, 0.5) is 4.39 Å². The lowest BCUT2D eigenvalue weighted by atomic mass is 10.1. The average molecular weight is 335 g/mol. The molecule has 0 radical (unpaired) electrons. The summed E-state index contributed by atoms with van der Waals surface area (Å²) < 4.78 is 35.9. The van der Waals surface area contributed by atoms with Crippen molar-refractivity contribution in [1.82, 2.24) is 10.9 Å². The van der Waals surface area contributed by atoms with E-state index in [1.165, 1.54) is 6.07 Å². The van der Waals surface area contributed by atoms with E-state index in [2.05, 4.69) is 5.43 Å². The molecule has 0 aromatic heterocycles. The Bertz CT molecular complexity index is 692. The summed E-state index contributed by atoms with van der Waals surface area (Å²) in [6.07, 6.45) is 0.204. The second-order valence-electron chi connectivity index (χ2n) is 4.67. The van der Waals surface area contributed by atoms with Gasteiger partial charge in [0.15, 0.2) is 9.84 Å². The molecule has 6 nitrogen and oxygen atoms in total. The quantitative estimate of drug-likeness (QED) is 0.778. The Morgan fingerprint density at radius 2 is 2.00 bits per heavy atom. The highest BCUT2D eigenvalue weighted by Gasteiger charge is 2.33. The van der Waals surface area contributed by atoms with Crippen LogP contribution in [0.5, 0.6) is 0 Å². The van der Waals surface area contributed by atoms with E-state index in [1.54, 1.807) is 0 Å². The summed E-state index contributed by atoms with van der Waals surface area (Å²) in [6, 6.07) is 3.44. The van der Waals surface area contributed by atoms with Gasteiger partial charge in [0.2, 0.25) is 5.91 Å². The van der Waals surface area contributed by atoms with Gasteiger partial charge in [0.1, 0.15) is 5.82 Å². The van der Waals surface area contributed by atoms with E-state index < -0.39 is 33.4 Å². The van der Waals surface area contributed by atoms with Crippen LogP contribution in [-0.4, -0.2) is 31.7 Å². The largest absolute Gasteiger partial charge is 0.273 e. The fraction of sp³-hybridized carbons (Fsp3) is 0.333. The lowest BCUT2D eigenvalue weighted by Crippen LogP contribution is -2.45. The molecular formula is C12H12ClFN2O4S. The monoisotopic (exact) mass is 334 g/mol. The van der Waals surface area contributed by atoms with E-state index in [9.17, 15) is 22.4 Å². The molecule has 1 aliphatic heterocycles. The van der Waals surface area contributed by atoms with Crippen molar-refractivity contribution >= 4 is 33.3 Å². The van der Waals surface area contributed by atoms with Crippen molar-refractivity contribution in [1.29, 1.82) is 0 Å². The van der Waals surface area contributed by atoms with Crippen molar-refractivity contribution in [3.05, 3.63) is 34.6 Å². The molecule has 0 bridgehead atoms. The molecule has 0 unspecified atom stereocenters. The number of halogens is 2. The molecule has 9 heteroatoms. The van der Waals surface area contributed by atoms with Crippen LogP contribution in [-0.2, 0) is 14.6 Å². The molecule has 1 aliphatic rings.